The number of hydrogen-bond acceptors (Lipinski definition) is 3. The maximum Gasteiger partial charge on any atom is 0.256 e. The zero-order valence-electron chi connectivity index (χ0n) is 11.5. The molecule has 0 atom stereocenters. The molecule has 0 aromatic carbocycles. The van der Waals surface area contributed by atoms with E-state index in [2.05, 4.69) is 22.1 Å². The number of nitrogens with zero attached hydrogens (tertiary/aromatic N) is 1. The van der Waals surface area contributed by atoms with Crippen molar-refractivity contribution in [1.29, 1.82) is 0 Å². The molecule has 2 N–H and O–H groups in total. The van der Waals surface area contributed by atoms with Gasteiger partial charge in [0.15, 0.2) is 5.43 Å². The molecule has 0 aliphatic heterocycles. The highest BCUT2D eigenvalue weighted by molar-refractivity contribution is 5.93. The third kappa shape index (κ3) is 3.67. The number of hydrogen-bond donors (Lipinski definition) is 2. The lowest BCUT2D eigenvalue weighted by atomic mass is 10.2. The van der Waals surface area contributed by atoms with Crippen molar-refractivity contribution in [2.45, 2.75) is 32.7 Å². The van der Waals surface area contributed by atoms with E-state index in [4.69, 9.17) is 0 Å². The molecule has 0 spiro atoms. The van der Waals surface area contributed by atoms with Crippen molar-refractivity contribution in [2.24, 2.45) is 0 Å². The van der Waals surface area contributed by atoms with Crippen LogP contribution in [-0.4, -0.2) is 41.5 Å². The second-order valence-electron chi connectivity index (χ2n) is 5.01. The molecular formula is C14H21N3O2. The van der Waals surface area contributed by atoms with Gasteiger partial charge in [0, 0.05) is 37.1 Å². The van der Waals surface area contributed by atoms with Gasteiger partial charge in [-0.2, -0.15) is 0 Å². The zero-order chi connectivity index (χ0) is 13.8. The standard InChI is InChI=1S/C14H21N3O2/c1-3-17(11-4-5-11)7-6-15-14(19)12-9-16-10(2)8-13(12)18/h8-9,11H,3-7H2,1-2H3,(H,15,19)(H,16,18). The fourth-order valence-electron chi connectivity index (χ4n) is 2.20. The Morgan fingerprint density at radius 2 is 2.26 bits per heavy atom. The SMILES string of the molecule is CCN(CCNC(=O)c1c[nH]c(C)cc1=O)C1CC1. The Hall–Kier alpha value is -1.62. The van der Waals surface area contributed by atoms with Crippen LogP contribution in [0.5, 0.6) is 0 Å². The molecular weight excluding hydrogens is 242 g/mol. The van der Waals surface area contributed by atoms with Gasteiger partial charge in [0.25, 0.3) is 5.91 Å². The van der Waals surface area contributed by atoms with E-state index in [1.807, 2.05) is 0 Å². The average molecular weight is 263 g/mol. The molecule has 0 unspecified atom stereocenters. The van der Waals surface area contributed by atoms with E-state index in [9.17, 15) is 9.59 Å². The molecule has 1 saturated carbocycles. The first-order chi connectivity index (χ1) is 9.11. The highest BCUT2D eigenvalue weighted by Gasteiger charge is 2.27. The van der Waals surface area contributed by atoms with E-state index in [0.717, 1.165) is 18.8 Å². The molecule has 1 aromatic rings. The molecule has 104 valence electrons. The van der Waals surface area contributed by atoms with Crippen molar-refractivity contribution < 1.29 is 4.79 Å². The molecule has 19 heavy (non-hydrogen) atoms. The number of amides is 1. The molecule has 1 fully saturated rings. The summed E-state index contributed by atoms with van der Waals surface area (Å²) in [5.41, 5.74) is 0.704. The summed E-state index contributed by atoms with van der Waals surface area (Å²) in [6.45, 7) is 6.35. The van der Waals surface area contributed by atoms with Gasteiger partial charge in [-0.1, -0.05) is 6.92 Å². The Morgan fingerprint density at radius 3 is 2.84 bits per heavy atom. The molecule has 0 saturated heterocycles. The lowest BCUT2D eigenvalue weighted by Crippen LogP contribution is -2.37. The zero-order valence-corrected chi connectivity index (χ0v) is 11.5. The third-order valence-corrected chi connectivity index (χ3v) is 3.46. The van der Waals surface area contributed by atoms with Gasteiger partial charge < -0.3 is 10.3 Å². The molecule has 1 heterocycles. The Bertz CT molecular complexity index is 506. The molecule has 0 bridgehead atoms. The van der Waals surface area contributed by atoms with Crippen LogP contribution < -0.4 is 10.7 Å². The number of aromatic amines is 1. The molecule has 1 aliphatic rings. The van der Waals surface area contributed by atoms with Crippen molar-refractivity contribution in [3.05, 3.63) is 33.7 Å². The van der Waals surface area contributed by atoms with Crippen molar-refractivity contribution in [3.63, 3.8) is 0 Å². The lowest BCUT2D eigenvalue weighted by molar-refractivity contribution is 0.0946. The number of carbonyl (C=O) groups excluding carboxylic acids is 1. The van der Waals surface area contributed by atoms with Crippen LogP contribution in [0.3, 0.4) is 0 Å². The highest BCUT2D eigenvalue weighted by atomic mass is 16.2. The van der Waals surface area contributed by atoms with Crippen LogP contribution in [-0.2, 0) is 0 Å². The number of nitrogens with one attached hydrogen (secondary N) is 2. The topological polar surface area (TPSA) is 65.2 Å². The van der Waals surface area contributed by atoms with E-state index in [-0.39, 0.29) is 16.9 Å². The van der Waals surface area contributed by atoms with Gasteiger partial charge in [0.1, 0.15) is 5.56 Å². The maximum absolute atomic E-state index is 11.9. The van der Waals surface area contributed by atoms with E-state index in [0.29, 0.717) is 12.6 Å². The smallest absolute Gasteiger partial charge is 0.256 e. The summed E-state index contributed by atoms with van der Waals surface area (Å²) >= 11 is 0. The number of H-pyrrole nitrogens is 1. The minimum absolute atomic E-state index is 0.181. The Labute approximate surface area is 113 Å². The van der Waals surface area contributed by atoms with Crippen molar-refractivity contribution in [2.75, 3.05) is 19.6 Å². The molecule has 1 amide bonds. The van der Waals surface area contributed by atoms with E-state index in [1.165, 1.54) is 25.1 Å². The number of likely N-dealkylation sites (N-methyl/N-ethyl adjacent to an activating group) is 1. The minimum Gasteiger partial charge on any atom is -0.364 e. The summed E-state index contributed by atoms with van der Waals surface area (Å²) < 4.78 is 0. The van der Waals surface area contributed by atoms with Crippen LogP contribution in [0.25, 0.3) is 0 Å². The molecule has 1 aliphatic carbocycles. The van der Waals surface area contributed by atoms with Crippen LogP contribution in [0.1, 0.15) is 35.8 Å². The number of aryl methyl sites for hydroxylation is 1. The summed E-state index contributed by atoms with van der Waals surface area (Å²) in [6.07, 6.45) is 4.00. The lowest BCUT2D eigenvalue weighted by Gasteiger charge is -2.19. The van der Waals surface area contributed by atoms with Crippen LogP contribution in [0, 0.1) is 6.92 Å². The summed E-state index contributed by atoms with van der Waals surface area (Å²) in [5.74, 6) is -0.298. The predicted molar refractivity (Wildman–Crippen MR) is 74.4 cm³/mol. The molecule has 5 nitrogen and oxygen atoms in total. The Kier molecular flexibility index (Phi) is 4.37. The first-order valence-electron chi connectivity index (χ1n) is 6.83. The Balaban J connectivity index is 1.85. The number of rotatable bonds is 6. The van der Waals surface area contributed by atoms with Crippen LogP contribution >= 0.6 is 0 Å². The monoisotopic (exact) mass is 263 g/mol. The molecule has 5 heteroatoms. The second-order valence-corrected chi connectivity index (χ2v) is 5.01. The minimum atomic E-state index is -0.298. The van der Waals surface area contributed by atoms with Gasteiger partial charge >= 0.3 is 0 Å². The van der Waals surface area contributed by atoms with Gasteiger partial charge in [-0.15, -0.1) is 0 Å². The van der Waals surface area contributed by atoms with Gasteiger partial charge in [-0.25, -0.2) is 0 Å². The Morgan fingerprint density at radius 1 is 1.53 bits per heavy atom. The largest absolute Gasteiger partial charge is 0.364 e. The summed E-state index contributed by atoms with van der Waals surface area (Å²) in [4.78, 5) is 28.8. The second kappa shape index (κ2) is 6.02. The maximum atomic E-state index is 11.9. The number of pyridine rings is 1. The predicted octanol–water partition coefficient (Wildman–Crippen LogP) is 0.897. The first-order valence-corrected chi connectivity index (χ1v) is 6.83. The van der Waals surface area contributed by atoms with E-state index >= 15 is 0 Å². The van der Waals surface area contributed by atoms with E-state index < -0.39 is 0 Å². The molecule has 1 aromatic heterocycles. The van der Waals surface area contributed by atoms with E-state index in [1.54, 1.807) is 6.92 Å². The van der Waals surface area contributed by atoms with Crippen molar-refractivity contribution in [3.8, 4) is 0 Å². The van der Waals surface area contributed by atoms with Crippen LogP contribution in [0.4, 0.5) is 0 Å². The van der Waals surface area contributed by atoms with Gasteiger partial charge in [-0.05, 0) is 26.3 Å². The number of carbonyl (C=O) groups is 1. The molecule has 0 radical (unpaired) electrons. The van der Waals surface area contributed by atoms with Gasteiger partial charge in [-0.3, -0.25) is 14.5 Å². The summed E-state index contributed by atoms with van der Waals surface area (Å²) in [5, 5.41) is 2.81. The summed E-state index contributed by atoms with van der Waals surface area (Å²) in [7, 11) is 0. The van der Waals surface area contributed by atoms with Crippen LogP contribution in [0.2, 0.25) is 0 Å². The van der Waals surface area contributed by atoms with Crippen molar-refractivity contribution >= 4 is 5.91 Å². The van der Waals surface area contributed by atoms with Crippen molar-refractivity contribution in [1.82, 2.24) is 15.2 Å². The first kappa shape index (κ1) is 13.8. The highest BCUT2D eigenvalue weighted by Crippen LogP contribution is 2.25. The van der Waals surface area contributed by atoms with Gasteiger partial charge in [0.2, 0.25) is 0 Å². The quantitative estimate of drug-likeness (QED) is 0.801. The summed E-state index contributed by atoms with van der Waals surface area (Å²) in [6, 6.07) is 2.14. The fourth-order valence-corrected chi connectivity index (χ4v) is 2.20. The fraction of sp³-hybridized carbons (Fsp3) is 0.571. The van der Waals surface area contributed by atoms with Crippen LogP contribution in [0.15, 0.2) is 17.1 Å². The third-order valence-electron chi connectivity index (χ3n) is 3.46. The average Bonchev–Trinajstić information content (AvgIpc) is 3.18. The molecule has 2 rings (SSSR count). The van der Waals surface area contributed by atoms with Gasteiger partial charge in [0.05, 0.1) is 0 Å². The normalized spacial score (nSPS) is 14.7. The number of aromatic nitrogens is 1.